The Bertz CT molecular complexity index is 1230. The number of hydrogen-bond acceptors (Lipinski definition) is 5. The Morgan fingerprint density at radius 3 is 1.30 bits per heavy atom. The highest BCUT2D eigenvalue weighted by atomic mass is 16.5. The van der Waals surface area contributed by atoms with Gasteiger partial charge in [-0.2, -0.15) is 0 Å². The normalized spacial score (nSPS) is 13.9. The van der Waals surface area contributed by atoms with Crippen LogP contribution in [0.4, 0.5) is 0 Å². The molecule has 3 atom stereocenters. The van der Waals surface area contributed by atoms with E-state index in [1.54, 1.807) is 0 Å². The molecule has 0 radical (unpaired) electrons. The summed E-state index contributed by atoms with van der Waals surface area (Å²) in [6.45, 7) is 6.37. The number of carbonyl (C=O) groups excluding carboxylic acids is 2. The van der Waals surface area contributed by atoms with Gasteiger partial charge in [0.15, 0.2) is 0 Å². The van der Waals surface area contributed by atoms with Crippen molar-refractivity contribution in [1.82, 2.24) is 5.32 Å². The molecule has 6 nitrogen and oxygen atoms in total. The van der Waals surface area contributed by atoms with Gasteiger partial charge in [-0.3, -0.25) is 9.59 Å². The number of nitrogens with one attached hydrogen (secondary N) is 1. The average Bonchev–Trinajstić information content (AvgIpc) is 3.29. The molecular formula is C58H101NO5. The first-order chi connectivity index (χ1) is 31.5. The second-order valence-electron chi connectivity index (χ2n) is 18.1. The Morgan fingerprint density at radius 2 is 0.828 bits per heavy atom. The second-order valence-corrected chi connectivity index (χ2v) is 18.1. The van der Waals surface area contributed by atoms with E-state index in [4.69, 9.17) is 4.74 Å². The summed E-state index contributed by atoms with van der Waals surface area (Å²) >= 11 is 0. The van der Waals surface area contributed by atoms with Crippen LogP contribution in [0, 0.1) is 0 Å². The summed E-state index contributed by atoms with van der Waals surface area (Å²) in [6.07, 6.45) is 66.3. The van der Waals surface area contributed by atoms with Gasteiger partial charge in [0.25, 0.3) is 0 Å². The van der Waals surface area contributed by atoms with Crippen molar-refractivity contribution < 1.29 is 24.5 Å². The zero-order valence-corrected chi connectivity index (χ0v) is 41.9. The summed E-state index contributed by atoms with van der Waals surface area (Å²) in [5, 5.41) is 23.8. The summed E-state index contributed by atoms with van der Waals surface area (Å²) in [5.74, 6) is -0.531. The largest absolute Gasteiger partial charge is 0.462 e. The minimum atomic E-state index is -0.803. The van der Waals surface area contributed by atoms with Crippen molar-refractivity contribution in [3.8, 4) is 0 Å². The Labute approximate surface area is 395 Å². The molecule has 0 aromatic rings. The minimum absolute atomic E-state index is 0.0452. The number of carbonyl (C=O) groups is 2. The number of esters is 1. The highest BCUT2D eigenvalue weighted by Crippen LogP contribution is 2.17. The van der Waals surface area contributed by atoms with Gasteiger partial charge in [-0.1, -0.05) is 247 Å². The van der Waals surface area contributed by atoms with Crippen molar-refractivity contribution in [3.63, 3.8) is 0 Å². The molecule has 0 fully saturated rings. The molecule has 64 heavy (non-hydrogen) atoms. The number of rotatable bonds is 47. The topological polar surface area (TPSA) is 95.9 Å². The zero-order valence-electron chi connectivity index (χ0n) is 41.9. The lowest BCUT2D eigenvalue weighted by atomic mass is 10.0. The lowest BCUT2D eigenvalue weighted by Gasteiger charge is -2.24. The van der Waals surface area contributed by atoms with Gasteiger partial charge < -0.3 is 20.3 Å². The molecule has 3 unspecified atom stereocenters. The number of allylic oxidation sites excluding steroid dienone is 14. The SMILES string of the molecule is CCC/C=C/C=C/C=C/C=C/C=C/CCCCCCCC(=O)OC(CCCCC/C=C/C=C/CCCCCCCCC)CC(=O)NC(CO)C(O)CCCCCCCCCCCCC. The summed E-state index contributed by atoms with van der Waals surface area (Å²) in [6, 6.07) is -0.720. The maximum absolute atomic E-state index is 13.2. The van der Waals surface area contributed by atoms with Gasteiger partial charge in [0.1, 0.15) is 6.10 Å². The molecule has 0 aromatic heterocycles. The molecule has 0 aliphatic rings. The van der Waals surface area contributed by atoms with Gasteiger partial charge in [0.2, 0.25) is 5.91 Å². The minimum Gasteiger partial charge on any atom is -0.462 e. The molecule has 3 N–H and O–H groups in total. The standard InChI is InChI=1S/C58H101NO5/c1-4-7-10-13-16-19-22-24-26-28-29-31-33-36-39-42-45-48-51-58(63)64-54(49-46-43-40-37-35-32-30-27-25-23-20-17-14-11-8-5-2)52-57(62)59-55(53-60)56(61)50-47-44-41-38-34-21-18-15-12-9-6-3/h10,13,16,19,22,24,26-32,35,54-56,60-61H,4-9,11-12,14-15,17-18,20-21,23,25,33-34,36-53H2,1-3H3,(H,59,62)/b13-10+,19-16+,24-22+,28-26+,30-27+,31-29+,35-32+. The Balaban J connectivity index is 4.70. The first-order valence-corrected chi connectivity index (χ1v) is 26.9. The van der Waals surface area contributed by atoms with E-state index in [1.807, 2.05) is 24.3 Å². The molecule has 0 aliphatic carbocycles. The summed E-state index contributed by atoms with van der Waals surface area (Å²) in [7, 11) is 0. The lowest BCUT2D eigenvalue weighted by Crippen LogP contribution is -2.46. The van der Waals surface area contributed by atoms with Gasteiger partial charge in [-0.15, -0.1) is 0 Å². The van der Waals surface area contributed by atoms with Crippen LogP contribution < -0.4 is 5.32 Å². The zero-order chi connectivity index (χ0) is 46.7. The highest BCUT2D eigenvalue weighted by Gasteiger charge is 2.24. The Kier molecular flexibility index (Phi) is 48.7. The van der Waals surface area contributed by atoms with Crippen LogP contribution in [0.2, 0.25) is 0 Å². The van der Waals surface area contributed by atoms with Gasteiger partial charge in [-0.25, -0.2) is 0 Å². The van der Waals surface area contributed by atoms with E-state index in [9.17, 15) is 19.8 Å². The molecule has 0 rings (SSSR count). The number of unbranched alkanes of at least 4 members (excludes halogenated alkanes) is 26. The number of ether oxygens (including phenoxy) is 1. The predicted molar refractivity (Wildman–Crippen MR) is 278 cm³/mol. The molecule has 0 heterocycles. The van der Waals surface area contributed by atoms with E-state index < -0.39 is 18.2 Å². The molecule has 0 aromatic carbocycles. The first-order valence-electron chi connectivity index (χ1n) is 26.9. The highest BCUT2D eigenvalue weighted by molar-refractivity contribution is 5.77. The molecular weight excluding hydrogens is 791 g/mol. The summed E-state index contributed by atoms with van der Waals surface area (Å²) in [4.78, 5) is 26.2. The van der Waals surface area contributed by atoms with Crippen LogP contribution in [0.25, 0.3) is 0 Å². The lowest BCUT2D eigenvalue weighted by molar-refractivity contribution is -0.151. The fourth-order valence-corrected chi connectivity index (χ4v) is 7.75. The van der Waals surface area contributed by atoms with Crippen molar-refractivity contribution in [2.75, 3.05) is 6.61 Å². The van der Waals surface area contributed by atoms with Crippen molar-refractivity contribution in [1.29, 1.82) is 0 Å². The van der Waals surface area contributed by atoms with E-state index in [0.29, 0.717) is 19.3 Å². The van der Waals surface area contributed by atoms with Crippen molar-refractivity contribution >= 4 is 11.9 Å². The van der Waals surface area contributed by atoms with Crippen LogP contribution in [0.5, 0.6) is 0 Å². The molecule has 0 bridgehead atoms. The molecule has 0 saturated carbocycles. The maximum atomic E-state index is 13.2. The van der Waals surface area contributed by atoms with E-state index in [0.717, 1.165) is 96.3 Å². The van der Waals surface area contributed by atoms with Crippen molar-refractivity contribution in [2.45, 2.75) is 264 Å². The third-order valence-corrected chi connectivity index (χ3v) is 11.8. The monoisotopic (exact) mass is 892 g/mol. The van der Waals surface area contributed by atoms with E-state index in [1.165, 1.54) is 103 Å². The molecule has 368 valence electrons. The van der Waals surface area contributed by atoms with Crippen LogP contribution in [0.15, 0.2) is 85.1 Å². The van der Waals surface area contributed by atoms with Crippen LogP contribution in [-0.2, 0) is 14.3 Å². The Morgan fingerprint density at radius 1 is 0.453 bits per heavy atom. The predicted octanol–water partition coefficient (Wildman–Crippen LogP) is 16.3. The van der Waals surface area contributed by atoms with E-state index in [-0.39, 0.29) is 24.9 Å². The van der Waals surface area contributed by atoms with Gasteiger partial charge in [-0.05, 0) is 70.6 Å². The number of amides is 1. The van der Waals surface area contributed by atoms with E-state index in [2.05, 4.69) is 86.8 Å². The quantitative estimate of drug-likeness (QED) is 0.0321. The number of aliphatic hydroxyl groups excluding tert-OH is 2. The van der Waals surface area contributed by atoms with Crippen LogP contribution in [0.3, 0.4) is 0 Å². The average molecular weight is 892 g/mol. The number of hydrogen-bond donors (Lipinski definition) is 3. The van der Waals surface area contributed by atoms with Crippen LogP contribution in [-0.4, -0.2) is 46.9 Å². The van der Waals surface area contributed by atoms with Crippen LogP contribution >= 0.6 is 0 Å². The van der Waals surface area contributed by atoms with Gasteiger partial charge >= 0.3 is 5.97 Å². The first kappa shape index (κ1) is 61.0. The van der Waals surface area contributed by atoms with Gasteiger partial charge in [0, 0.05) is 6.42 Å². The van der Waals surface area contributed by atoms with Crippen molar-refractivity contribution in [2.24, 2.45) is 0 Å². The Hall–Kier alpha value is -2.96. The third-order valence-electron chi connectivity index (χ3n) is 11.8. The molecule has 0 spiro atoms. The maximum Gasteiger partial charge on any atom is 0.306 e. The van der Waals surface area contributed by atoms with Crippen LogP contribution in [0.1, 0.15) is 245 Å². The molecule has 0 aliphatic heterocycles. The second kappa shape index (κ2) is 51.0. The number of aliphatic hydroxyl groups is 2. The third kappa shape index (κ3) is 45.6. The molecule has 6 heteroatoms. The smallest absolute Gasteiger partial charge is 0.306 e. The molecule has 0 saturated heterocycles. The summed E-state index contributed by atoms with van der Waals surface area (Å²) in [5.41, 5.74) is 0. The summed E-state index contributed by atoms with van der Waals surface area (Å²) < 4.78 is 5.92. The van der Waals surface area contributed by atoms with Gasteiger partial charge in [0.05, 0.1) is 25.2 Å². The molecule has 1 amide bonds. The fraction of sp³-hybridized carbons (Fsp3) is 0.724. The fourth-order valence-electron chi connectivity index (χ4n) is 7.75. The van der Waals surface area contributed by atoms with E-state index >= 15 is 0 Å². The van der Waals surface area contributed by atoms with Crippen molar-refractivity contribution in [3.05, 3.63) is 85.1 Å².